The standard InChI is InChI=1S/C14H19ClN2O3/c1-2-6-17(14(20)12(16)8-13(18)19)9-10-4-3-5-11(15)7-10/h3-5,7,12H,2,6,8-9,16H2,1H3,(H,18,19)/t12-/m0/s1. The zero-order valence-electron chi connectivity index (χ0n) is 11.4. The summed E-state index contributed by atoms with van der Waals surface area (Å²) in [7, 11) is 0. The minimum atomic E-state index is -1.08. The van der Waals surface area contributed by atoms with Gasteiger partial charge in [0, 0.05) is 18.1 Å². The van der Waals surface area contributed by atoms with Crippen molar-refractivity contribution in [3.63, 3.8) is 0 Å². The number of nitrogens with zero attached hydrogens (tertiary/aromatic N) is 1. The van der Waals surface area contributed by atoms with Crippen LogP contribution in [0.15, 0.2) is 24.3 Å². The number of carbonyl (C=O) groups is 2. The fraction of sp³-hybridized carbons (Fsp3) is 0.429. The van der Waals surface area contributed by atoms with E-state index in [9.17, 15) is 9.59 Å². The van der Waals surface area contributed by atoms with E-state index in [4.69, 9.17) is 22.4 Å². The predicted molar refractivity (Wildman–Crippen MR) is 77.4 cm³/mol. The first-order valence-corrected chi connectivity index (χ1v) is 6.82. The van der Waals surface area contributed by atoms with Crippen molar-refractivity contribution in [3.8, 4) is 0 Å². The maximum Gasteiger partial charge on any atom is 0.305 e. The minimum absolute atomic E-state index is 0.353. The molecule has 0 unspecified atom stereocenters. The van der Waals surface area contributed by atoms with E-state index in [1.165, 1.54) is 0 Å². The maximum atomic E-state index is 12.2. The number of halogens is 1. The highest BCUT2D eigenvalue weighted by Crippen LogP contribution is 2.13. The van der Waals surface area contributed by atoms with E-state index >= 15 is 0 Å². The lowest BCUT2D eigenvalue weighted by atomic mass is 10.1. The molecule has 0 aliphatic heterocycles. The summed E-state index contributed by atoms with van der Waals surface area (Å²) in [6.45, 7) is 2.85. The van der Waals surface area contributed by atoms with Gasteiger partial charge in [0.1, 0.15) is 0 Å². The number of benzene rings is 1. The number of carboxylic acid groups (broad SMARTS) is 1. The topological polar surface area (TPSA) is 83.6 Å². The van der Waals surface area contributed by atoms with Crippen LogP contribution in [0.4, 0.5) is 0 Å². The summed E-state index contributed by atoms with van der Waals surface area (Å²) >= 11 is 5.91. The molecule has 0 saturated heterocycles. The van der Waals surface area contributed by atoms with Gasteiger partial charge in [-0.05, 0) is 24.1 Å². The third-order valence-corrected chi connectivity index (χ3v) is 3.01. The van der Waals surface area contributed by atoms with E-state index < -0.39 is 12.0 Å². The van der Waals surface area contributed by atoms with Crippen LogP contribution in [0.3, 0.4) is 0 Å². The highest BCUT2D eigenvalue weighted by atomic mass is 35.5. The van der Waals surface area contributed by atoms with Crippen LogP contribution in [-0.2, 0) is 16.1 Å². The van der Waals surface area contributed by atoms with Gasteiger partial charge in [0.2, 0.25) is 5.91 Å². The molecule has 0 aliphatic carbocycles. The normalized spacial score (nSPS) is 11.9. The SMILES string of the molecule is CCCN(Cc1cccc(Cl)c1)C(=O)[C@@H](N)CC(=O)O. The maximum absolute atomic E-state index is 12.2. The third-order valence-electron chi connectivity index (χ3n) is 2.78. The molecule has 6 heteroatoms. The van der Waals surface area contributed by atoms with Crippen LogP contribution in [0, 0.1) is 0 Å². The van der Waals surface area contributed by atoms with E-state index in [1.807, 2.05) is 19.1 Å². The van der Waals surface area contributed by atoms with Crippen LogP contribution in [-0.4, -0.2) is 34.5 Å². The Kier molecular flexibility index (Phi) is 6.48. The lowest BCUT2D eigenvalue weighted by molar-refractivity contribution is -0.142. The lowest BCUT2D eigenvalue weighted by Crippen LogP contribution is -2.44. The molecule has 3 N–H and O–H groups in total. The number of carboxylic acids is 1. The molecule has 1 amide bonds. The second-order valence-corrected chi connectivity index (χ2v) is 5.03. The Bertz CT molecular complexity index is 479. The van der Waals surface area contributed by atoms with E-state index in [-0.39, 0.29) is 12.3 Å². The Hall–Kier alpha value is -1.59. The molecule has 1 rings (SSSR count). The van der Waals surface area contributed by atoms with Gasteiger partial charge >= 0.3 is 5.97 Å². The number of hydrogen-bond donors (Lipinski definition) is 2. The molecule has 0 spiro atoms. The number of carbonyl (C=O) groups excluding carboxylic acids is 1. The Labute approximate surface area is 123 Å². The number of rotatable bonds is 7. The monoisotopic (exact) mass is 298 g/mol. The smallest absolute Gasteiger partial charge is 0.305 e. The van der Waals surface area contributed by atoms with Crippen LogP contribution in [0.1, 0.15) is 25.3 Å². The summed E-state index contributed by atoms with van der Waals surface area (Å²) < 4.78 is 0. The molecule has 0 radical (unpaired) electrons. The summed E-state index contributed by atoms with van der Waals surface area (Å²) in [5.41, 5.74) is 6.53. The van der Waals surface area contributed by atoms with Gasteiger partial charge in [-0.15, -0.1) is 0 Å². The van der Waals surface area contributed by atoms with Crippen molar-refractivity contribution < 1.29 is 14.7 Å². The van der Waals surface area contributed by atoms with Gasteiger partial charge in [-0.1, -0.05) is 30.7 Å². The van der Waals surface area contributed by atoms with Crippen molar-refractivity contribution in [1.29, 1.82) is 0 Å². The van der Waals surface area contributed by atoms with Crippen LogP contribution in [0.25, 0.3) is 0 Å². The molecule has 5 nitrogen and oxygen atoms in total. The molecular formula is C14H19ClN2O3. The average molecular weight is 299 g/mol. The van der Waals surface area contributed by atoms with Crippen molar-refractivity contribution in [1.82, 2.24) is 4.90 Å². The van der Waals surface area contributed by atoms with Crippen molar-refractivity contribution in [3.05, 3.63) is 34.9 Å². The summed E-state index contributed by atoms with van der Waals surface area (Å²) in [6, 6.07) is 6.19. The highest BCUT2D eigenvalue weighted by molar-refractivity contribution is 6.30. The van der Waals surface area contributed by atoms with Gasteiger partial charge in [0.25, 0.3) is 0 Å². The van der Waals surface area contributed by atoms with E-state index in [0.717, 1.165) is 12.0 Å². The van der Waals surface area contributed by atoms with Gasteiger partial charge in [-0.3, -0.25) is 9.59 Å². The fourth-order valence-electron chi connectivity index (χ4n) is 1.90. The molecule has 0 saturated carbocycles. The molecule has 110 valence electrons. The molecule has 20 heavy (non-hydrogen) atoms. The van der Waals surface area contributed by atoms with Gasteiger partial charge in [0.15, 0.2) is 0 Å². The van der Waals surface area contributed by atoms with Crippen LogP contribution in [0.5, 0.6) is 0 Å². The van der Waals surface area contributed by atoms with Gasteiger partial charge in [0.05, 0.1) is 12.5 Å². The molecule has 0 heterocycles. The van der Waals surface area contributed by atoms with E-state index in [0.29, 0.717) is 18.1 Å². The average Bonchev–Trinajstić information content (AvgIpc) is 2.36. The van der Waals surface area contributed by atoms with Crippen molar-refractivity contribution in [2.24, 2.45) is 5.73 Å². The van der Waals surface area contributed by atoms with E-state index in [2.05, 4.69) is 0 Å². The van der Waals surface area contributed by atoms with Gasteiger partial charge in [-0.25, -0.2) is 0 Å². The van der Waals surface area contributed by atoms with Gasteiger partial charge < -0.3 is 15.7 Å². The highest BCUT2D eigenvalue weighted by Gasteiger charge is 2.22. The van der Waals surface area contributed by atoms with Crippen molar-refractivity contribution in [2.75, 3.05) is 6.54 Å². The number of hydrogen-bond acceptors (Lipinski definition) is 3. The summed E-state index contributed by atoms with van der Waals surface area (Å²) in [4.78, 5) is 24.4. The zero-order chi connectivity index (χ0) is 15.1. The molecule has 0 fully saturated rings. The fourth-order valence-corrected chi connectivity index (χ4v) is 2.12. The Morgan fingerprint density at radius 3 is 2.70 bits per heavy atom. The summed E-state index contributed by atoms with van der Waals surface area (Å²) in [5, 5.41) is 9.30. The molecule has 0 aliphatic rings. The quantitative estimate of drug-likeness (QED) is 0.805. The second-order valence-electron chi connectivity index (χ2n) is 4.59. The zero-order valence-corrected chi connectivity index (χ0v) is 12.1. The first-order chi connectivity index (χ1) is 9.43. The number of amides is 1. The third kappa shape index (κ3) is 5.19. The largest absolute Gasteiger partial charge is 0.481 e. The summed E-state index contributed by atoms with van der Waals surface area (Å²) in [6.07, 6.45) is 0.403. The van der Waals surface area contributed by atoms with Crippen molar-refractivity contribution >= 4 is 23.5 Å². The Morgan fingerprint density at radius 2 is 2.15 bits per heavy atom. The number of nitrogens with two attached hydrogens (primary N) is 1. The van der Waals surface area contributed by atoms with Crippen LogP contribution >= 0.6 is 11.6 Å². The molecule has 1 aromatic rings. The second kappa shape index (κ2) is 7.87. The first kappa shape index (κ1) is 16.5. The molecule has 1 atom stereocenters. The Morgan fingerprint density at radius 1 is 1.45 bits per heavy atom. The van der Waals surface area contributed by atoms with Gasteiger partial charge in [-0.2, -0.15) is 0 Å². The predicted octanol–water partition coefficient (Wildman–Crippen LogP) is 1.88. The van der Waals surface area contributed by atoms with Crippen molar-refractivity contribution in [2.45, 2.75) is 32.4 Å². The Balaban J connectivity index is 2.77. The molecule has 0 aromatic heterocycles. The van der Waals surface area contributed by atoms with Crippen LogP contribution < -0.4 is 5.73 Å². The molecule has 1 aromatic carbocycles. The van der Waals surface area contributed by atoms with E-state index in [1.54, 1.807) is 17.0 Å². The first-order valence-electron chi connectivity index (χ1n) is 6.44. The number of aliphatic carboxylic acids is 1. The summed E-state index contributed by atoms with van der Waals surface area (Å²) in [5.74, 6) is -1.43. The molecule has 0 bridgehead atoms. The minimum Gasteiger partial charge on any atom is -0.481 e. The van der Waals surface area contributed by atoms with Crippen LogP contribution in [0.2, 0.25) is 5.02 Å². The molecular weight excluding hydrogens is 280 g/mol. The lowest BCUT2D eigenvalue weighted by Gasteiger charge is -2.25.